The number of rotatable bonds is 2. The molecule has 0 saturated heterocycles. The zero-order valence-corrected chi connectivity index (χ0v) is 8.68. The Morgan fingerprint density at radius 2 is 2.14 bits per heavy atom. The Kier molecular flexibility index (Phi) is 3.55. The summed E-state index contributed by atoms with van der Waals surface area (Å²) in [5.74, 6) is -1.47. The van der Waals surface area contributed by atoms with E-state index in [0.717, 1.165) is 6.07 Å². The van der Waals surface area contributed by atoms with Crippen molar-refractivity contribution in [1.82, 2.24) is 0 Å². The Morgan fingerprint density at radius 3 is 2.71 bits per heavy atom. The maximum absolute atomic E-state index is 13.4. The van der Waals surface area contributed by atoms with Crippen molar-refractivity contribution >= 4 is 15.9 Å². The molecular weight excluding hydrogens is 254 g/mol. The van der Waals surface area contributed by atoms with E-state index >= 15 is 0 Å². The summed E-state index contributed by atoms with van der Waals surface area (Å²) in [6.07, 6.45) is -0.121. The summed E-state index contributed by atoms with van der Waals surface area (Å²) in [5, 5.41) is 8.36. The third-order valence-electron chi connectivity index (χ3n) is 1.76. The molecule has 0 amide bonds. The maximum atomic E-state index is 13.4. The lowest BCUT2D eigenvalue weighted by atomic mass is 10.0. The molecule has 14 heavy (non-hydrogen) atoms. The Hall–Kier alpha value is -0.990. The molecule has 0 saturated carbocycles. The van der Waals surface area contributed by atoms with Gasteiger partial charge in [-0.1, -0.05) is 0 Å². The average Bonchev–Trinajstić information content (AvgIpc) is 2.13. The van der Waals surface area contributed by atoms with Crippen LogP contribution < -0.4 is 5.73 Å². The molecule has 0 heterocycles. The fourth-order valence-electron chi connectivity index (χ4n) is 1.08. The zero-order chi connectivity index (χ0) is 10.7. The molecule has 0 aliphatic rings. The van der Waals surface area contributed by atoms with Crippen molar-refractivity contribution in [3.05, 3.63) is 33.8 Å². The van der Waals surface area contributed by atoms with Gasteiger partial charge in [-0.2, -0.15) is 5.26 Å². The molecule has 0 aliphatic heterocycles. The fraction of sp³-hybridized carbons (Fsp3) is 0.222. The molecule has 1 atom stereocenters. The van der Waals surface area contributed by atoms with Gasteiger partial charge in [0.1, 0.15) is 11.6 Å². The van der Waals surface area contributed by atoms with Crippen molar-refractivity contribution in [3.8, 4) is 6.07 Å². The van der Waals surface area contributed by atoms with Crippen molar-refractivity contribution in [1.29, 1.82) is 5.26 Å². The molecule has 0 fully saturated rings. The summed E-state index contributed by atoms with van der Waals surface area (Å²) < 4.78 is 26.7. The van der Waals surface area contributed by atoms with E-state index in [1.165, 1.54) is 6.07 Å². The van der Waals surface area contributed by atoms with E-state index in [1.807, 2.05) is 0 Å². The van der Waals surface area contributed by atoms with Crippen LogP contribution >= 0.6 is 15.9 Å². The van der Waals surface area contributed by atoms with E-state index in [1.54, 1.807) is 6.07 Å². The number of hydrogen-bond donors (Lipinski definition) is 1. The summed E-state index contributed by atoms with van der Waals surface area (Å²) in [5.41, 5.74) is 5.20. The molecule has 0 aliphatic carbocycles. The topological polar surface area (TPSA) is 49.8 Å². The lowest BCUT2D eigenvalue weighted by Gasteiger charge is -2.11. The van der Waals surface area contributed by atoms with Crippen molar-refractivity contribution in [2.45, 2.75) is 12.5 Å². The van der Waals surface area contributed by atoms with Gasteiger partial charge < -0.3 is 5.73 Å². The van der Waals surface area contributed by atoms with Crippen LogP contribution in [0.2, 0.25) is 0 Å². The molecule has 74 valence electrons. The molecule has 0 bridgehead atoms. The average molecular weight is 261 g/mol. The van der Waals surface area contributed by atoms with Gasteiger partial charge >= 0.3 is 0 Å². The molecule has 1 aromatic carbocycles. The van der Waals surface area contributed by atoms with Crippen LogP contribution in [0.4, 0.5) is 8.78 Å². The maximum Gasteiger partial charge on any atom is 0.145 e. The molecule has 2 N–H and O–H groups in total. The number of hydrogen-bond acceptors (Lipinski definition) is 2. The monoisotopic (exact) mass is 260 g/mol. The van der Waals surface area contributed by atoms with E-state index in [9.17, 15) is 8.78 Å². The third kappa shape index (κ3) is 2.08. The van der Waals surface area contributed by atoms with Gasteiger partial charge in [0.05, 0.1) is 17.0 Å². The summed E-state index contributed by atoms with van der Waals surface area (Å²) in [7, 11) is 0. The minimum absolute atomic E-state index is 0.121. The van der Waals surface area contributed by atoms with Crippen LogP contribution in [0.15, 0.2) is 16.6 Å². The fourth-order valence-corrected chi connectivity index (χ4v) is 1.43. The van der Waals surface area contributed by atoms with E-state index in [-0.39, 0.29) is 16.5 Å². The van der Waals surface area contributed by atoms with Gasteiger partial charge in [-0.05, 0) is 28.1 Å². The van der Waals surface area contributed by atoms with Gasteiger partial charge in [-0.25, -0.2) is 8.78 Å². The first-order valence-electron chi connectivity index (χ1n) is 3.84. The van der Waals surface area contributed by atoms with Crippen LogP contribution in [0.25, 0.3) is 0 Å². The molecule has 1 rings (SSSR count). The molecule has 0 aromatic heterocycles. The van der Waals surface area contributed by atoms with Gasteiger partial charge in [-0.3, -0.25) is 0 Å². The van der Waals surface area contributed by atoms with Crippen LogP contribution in [-0.2, 0) is 0 Å². The molecule has 1 unspecified atom stereocenters. The summed E-state index contributed by atoms with van der Waals surface area (Å²) in [4.78, 5) is 0. The van der Waals surface area contributed by atoms with Crippen molar-refractivity contribution in [2.24, 2.45) is 5.73 Å². The quantitative estimate of drug-likeness (QED) is 0.832. The number of nitriles is 1. The molecular formula is C9H7BrF2N2. The highest BCUT2D eigenvalue weighted by Crippen LogP contribution is 2.26. The molecule has 2 nitrogen and oxygen atoms in total. The lowest BCUT2D eigenvalue weighted by molar-refractivity contribution is 0.524. The van der Waals surface area contributed by atoms with E-state index in [4.69, 9.17) is 11.0 Å². The van der Waals surface area contributed by atoms with E-state index in [2.05, 4.69) is 15.9 Å². The first-order chi connectivity index (χ1) is 6.57. The highest BCUT2D eigenvalue weighted by molar-refractivity contribution is 9.10. The smallest absolute Gasteiger partial charge is 0.145 e. The van der Waals surface area contributed by atoms with Gasteiger partial charge in [0.2, 0.25) is 0 Å². The van der Waals surface area contributed by atoms with Crippen LogP contribution in [-0.4, -0.2) is 0 Å². The van der Waals surface area contributed by atoms with Gasteiger partial charge in [-0.15, -0.1) is 0 Å². The summed E-state index contributed by atoms with van der Waals surface area (Å²) in [6.45, 7) is 0. The highest BCUT2D eigenvalue weighted by atomic mass is 79.9. The van der Waals surface area contributed by atoms with Crippen LogP contribution in [0.3, 0.4) is 0 Å². The number of nitrogens with two attached hydrogens (primary N) is 1. The van der Waals surface area contributed by atoms with Gasteiger partial charge in [0.15, 0.2) is 0 Å². The van der Waals surface area contributed by atoms with Crippen molar-refractivity contribution in [3.63, 3.8) is 0 Å². The SMILES string of the molecule is N#CCC(N)c1c(F)ccc(Br)c1F. The number of benzene rings is 1. The second kappa shape index (κ2) is 4.49. The van der Waals surface area contributed by atoms with Crippen molar-refractivity contribution < 1.29 is 8.78 Å². The molecule has 0 spiro atoms. The second-order valence-corrected chi connectivity index (χ2v) is 3.58. The standard InChI is InChI=1S/C9H7BrF2N2/c10-5-1-2-6(11)8(9(5)12)7(14)3-4-13/h1-2,7H,3,14H2. The minimum Gasteiger partial charge on any atom is -0.323 e. The molecule has 1 aromatic rings. The molecule has 5 heteroatoms. The van der Waals surface area contributed by atoms with E-state index in [0.29, 0.717) is 0 Å². The lowest BCUT2D eigenvalue weighted by Crippen LogP contribution is -2.13. The summed E-state index contributed by atoms with van der Waals surface area (Å²) in [6, 6.07) is 3.20. The highest BCUT2D eigenvalue weighted by Gasteiger charge is 2.18. The largest absolute Gasteiger partial charge is 0.323 e. The first kappa shape index (κ1) is 11.1. The van der Waals surface area contributed by atoms with E-state index < -0.39 is 17.7 Å². The van der Waals surface area contributed by atoms with Crippen LogP contribution in [0, 0.1) is 23.0 Å². The predicted octanol–water partition coefficient (Wildman–Crippen LogP) is 2.64. The minimum atomic E-state index is -0.933. The Morgan fingerprint density at radius 1 is 1.50 bits per heavy atom. The first-order valence-corrected chi connectivity index (χ1v) is 4.63. The Balaban J connectivity index is 3.19. The van der Waals surface area contributed by atoms with Gasteiger partial charge in [0.25, 0.3) is 0 Å². The van der Waals surface area contributed by atoms with Crippen molar-refractivity contribution in [2.75, 3.05) is 0 Å². The van der Waals surface area contributed by atoms with Gasteiger partial charge in [0, 0.05) is 11.6 Å². The third-order valence-corrected chi connectivity index (χ3v) is 2.37. The van der Waals surface area contributed by atoms with Crippen LogP contribution in [0.5, 0.6) is 0 Å². The normalized spacial score (nSPS) is 12.2. The molecule has 0 radical (unpaired) electrons. The predicted molar refractivity (Wildman–Crippen MR) is 51.2 cm³/mol. The Bertz CT molecular complexity index is 387. The number of halogens is 3. The zero-order valence-electron chi connectivity index (χ0n) is 7.10. The summed E-state index contributed by atoms with van der Waals surface area (Å²) >= 11 is 2.92. The number of nitrogens with zero attached hydrogens (tertiary/aromatic N) is 1. The van der Waals surface area contributed by atoms with Crippen LogP contribution in [0.1, 0.15) is 18.0 Å². The second-order valence-electron chi connectivity index (χ2n) is 2.73. The Labute approximate surface area is 88.5 Å².